The van der Waals surface area contributed by atoms with Crippen molar-refractivity contribution in [2.45, 2.75) is 0 Å². The van der Waals surface area contributed by atoms with E-state index in [0.717, 1.165) is 11.3 Å². The first-order chi connectivity index (χ1) is 15.5. The van der Waals surface area contributed by atoms with Crippen molar-refractivity contribution in [3.05, 3.63) is 98.5 Å². The van der Waals surface area contributed by atoms with E-state index in [9.17, 15) is 19.7 Å². The number of hydrazone groups is 1. The SMILES string of the molecule is COc1ccc(C=C(NC(=O)c2ccccc2)C(=O)NN=Cc2ccc([N+](=O)[O-])s2)cc1. The summed E-state index contributed by atoms with van der Waals surface area (Å²) in [7, 11) is 1.55. The lowest BCUT2D eigenvalue weighted by atomic mass is 10.1. The standard InChI is InChI=1S/C22H18N4O5S/c1-31-17-9-7-15(8-10-17)13-19(24-21(27)16-5-3-2-4-6-16)22(28)25-23-14-18-11-12-20(32-18)26(29)30/h2-14H,1H3,(H,24,27)(H,25,28). The number of nitrogens with one attached hydrogen (secondary N) is 2. The predicted octanol–water partition coefficient (Wildman–Crippen LogP) is 3.59. The largest absolute Gasteiger partial charge is 0.497 e. The molecule has 0 aliphatic heterocycles. The van der Waals surface area contributed by atoms with Crippen LogP contribution < -0.4 is 15.5 Å². The Morgan fingerprint density at radius 1 is 1.06 bits per heavy atom. The molecule has 0 fully saturated rings. The van der Waals surface area contributed by atoms with Crippen LogP contribution in [-0.4, -0.2) is 30.1 Å². The fourth-order valence-corrected chi connectivity index (χ4v) is 3.23. The maximum absolute atomic E-state index is 12.7. The summed E-state index contributed by atoms with van der Waals surface area (Å²) < 4.78 is 5.13. The van der Waals surface area contributed by atoms with Crippen LogP contribution in [0.1, 0.15) is 20.8 Å². The van der Waals surface area contributed by atoms with Crippen molar-refractivity contribution in [1.82, 2.24) is 10.7 Å². The van der Waals surface area contributed by atoms with Gasteiger partial charge in [0.25, 0.3) is 11.8 Å². The number of hydrogen-bond donors (Lipinski definition) is 2. The maximum atomic E-state index is 12.7. The van der Waals surface area contributed by atoms with Gasteiger partial charge in [-0.2, -0.15) is 5.10 Å². The highest BCUT2D eigenvalue weighted by atomic mass is 32.1. The number of thiophene rings is 1. The Kier molecular flexibility index (Phi) is 7.44. The summed E-state index contributed by atoms with van der Waals surface area (Å²) in [4.78, 5) is 36.0. The van der Waals surface area contributed by atoms with E-state index in [1.807, 2.05) is 0 Å². The topological polar surface area (TPSA) is 123 Å². The van der Waals surface area contributed by atoms with Gasteiger partial charge in [-0.1, -0.05) is 41.7 Å². The van der Waals surface area contributed by atoms with Crippen molar-refractivity contribution in [3.8, 4) is 5.75 Å². The Hall–Kier alpha value is -4.31. The summed E-state index contributed by atoms with van der Waals surface area (Å²) in [6.07, 6.45) is 2.79. The van der Waals surface area contributed by atoms with Crippen LogP contribution >= 0.6 is 11.3 Å². The van der Waals surface area contributed by atoms with Crippen molar-refractivity contribution < 1.29 is 19.2 Å². The average molecular weight is 450 g/mol. The number of ether oxygens (including phenoxy) is 1. The van der Waals surface area contributed by atoms with E-state index in [1.165, 1.54) is 24.4 Å². The number of carbonyl (C=O) groups is 2. The predicted molar refractivity (Wildman–Crippen MR) is 122 cm³/mol. The minimum absolute atomic E-state index is 0.0293. The minimum atomic E-state index is -0.660. The molecule has 0 radical (unpaired) electrons. The van der Waals surface area contributed by atoms with Gasteiger partial charge in [0.1, 0.15) is 11.4 Å². The quantitative estimate of drug-likeness (QED) is 0.235. The van der Waals surface area contributed by atoms with Gasteiger partial charge in [-0.15, -0.1) is 0 Å². The summed E-state index contributed by atoms with van der Waals surface area (Å²) in [5.41, 5.74) is 3.34. The second kappa shape index (κ2) is 10.6. The Labute approximate surface area is 187 Å². The Bertz CT molecular complexity index is 1170. The third-order valence-electron chi connectivity index (χ3n) is 4.11. The molecule has 2 aromatic carbocycles. The van der Waals surface area contributed by atoms with Gasteiger partial charge >= 0.3 is 5.00 Å². The van der Waals surface area contributed by atoms with Gasteiger partial charge in [-0.3, -0.25) is 19.7 Å². The number of nitro groups is 1. The molecule has 9 nitrogen and oxygen atoms in total. The molecule has 1 aromatic heterocycles. The number of amides is 2. The molecule has 0 aliphatic carbocycles. The van der Waals surface area contributed by atoms with Crippen LogP contribution in [0.25, 0.3) is 6.08 Å². The molecule has 10 heteroatoms. The molecule has 0 saturated carbocycles. The molecule has 1 heterocycles. The van der Waals surface area contributed by atoms with Crippen molar-refractivity contribution in [3.63, 3.8) is 0 Å². The number of methoxy groups -OCH3 is 1. The molecule has 162 valence electrons. The monoisotopic (exact) mass is 450 g/mol. The molecule has 0 spiro atoms. The van der Waals surface area contributed by atoms with E-state index in [4.69, 9.17) is 4.74 Å². The number of hydrogen-bond acceptors (Lipinski definition) is 7. The molecule has 0 atom stereocenters. The zero-order valence-electron chi connectivity index (χ0n) is 16.8. The summed E-state index contributed by atoms with van der Waals surface area (Å²) in [5, 5.41) is 17.2. The smallest absolute Gasteiger partial charge is 0.324 e. The third-order valence-corrected chi connectivity index (χ3v) is 5.08. The first-order valence-corrected chi connectivity index (χ1v) is 10.1. The van der Waals surface area contributed by atoms with E-state index in [1.54, 1.807) is 61.7 Å². The number of nitrogens with zero attached hydrogens (tertiary/aromatic N) is 2. The second-order valence-electron chi connectivity index (χ2n) is 6.28. The number of benzene rings is 2. The molecule has 2 N–H and O–H groups in total. The van der Waals surface area contributed by atoms with Crippen molar-refractivity contribution in [1.29, 1.82) is 0 Å². The van der Waals surface area contributed by atoms with Gasteiger partial charge in [-0.05, 0) is 42.0 Å². The zero-order valence-corrected chi connectivity index (χ0v) is 17.7. The third kappa shape index (κ3) is 6.09. The molecule has 3 rings (SSSR count). The van der Waals surface area contributed by atoms with E-state index in [0.29, 0.717) is 21.8 Å². The second-order valence-corrected chi connectivity index (χ2v) is 7.38. The molecule has 0 bridgehead atoms. The Morgan fingerprint density at radius 2 is 1.78 bits per heavy atom. The van der Waals surface area contributed by atoms with Gasteiger partial charge in [-0.25, -0.2) is 5.43 Å². The van der Waals surface area contributed by atoms with Crippen LogP contribution in [0.15, 0.2) is 77.5 Å². The summed E-state index contributed by atoms with van der Waals surface area (Å²) in [6.45, 7) is 0. The highest BCUT2D eigenvalue weighted by Crippen LogP contribution is 2.22. The van der Waals surface area contributed by atoms with E-state index < -0.39 is 16.7 Å². The van der Waals surface area contributed by atoms with Gasteiger partial charge in [0.2, 0.25) is 0 Å². The molecular weight excluding hydrogens is 432 g/mol. The molecule has 0 aliphatic rings. The number of rotatable bonds is 8. The van der Waals surface area contributed by atoms with E-state index in [2.05, 4.69) is 15.8 Å². The minimum Gasteiger partial charge on any atom is -0.497 e. The normalized spacial score (nSPS) is 11.2. The van der Waals surface area contributed by atoms with Gasteiger partial charge in [0.15, 0.2) is 0 Å². The first kappa shape index (κ1) is 22.4. The summed E-state index contributed by atoms with van der Waals surface area (Å²) in [6, 6.07) is 18.2. The van der Waals surface area contributed by atoms with Crippen LogP contribution in [-0.2, 0) is 4.79 Å². The highest BCUT2D eigenvalue weighted by Gasteiger charge is 2.14. The fourth-order valence-electron chi connectivity index (χ4n) is 2.53. The number of carbonyl (C=O) groups excluding carboxylic acids is 2. The lowest BCUT2D eigenvalue weighted by Crippen LogP contribution is -2.32. The van der Waals surface area contributed by atoms with Crippen molar-refractivity contribution in [2.75, 3.05) is 7.11 Å². The zero-order chi connectivity index (χ0) is 22.9. The van der Waals surface area contributed by atoms with Gasteiger partial charge < -0.3 is 10.1 Å². The van der Waals surface area contributed by atoms with Gasteiger partial charge in [0.05, 0.1) is 23.1 Å². The lowest BCUT2D eigenvalue weighted by molar-refractivity contribution is -0.380. The molecule has 2 amide bonds. The molecule has 32 heavy (non-hydrogen) atoms. The van der Waals surface area contributed by atoms with E-state index in [-0.39, 0.29) is 10.7 Å². The fraction of sp³-hybridized carbons (Fsp3) is 0.0455. The van der Waals surface area contributed by atoms with Crippen LogP contribution in [0.3, 0.4) is 0 Å². The first-order valence-electron chi connectivity index (χ1n) is 9.26. The Morgan fingerprint density at radius 3 is 2.41 bits per heavy atom. The van der Waals surface area contributed by atoms with Crippen molar-refractivity contribution >= 4 is 40.4 Å². The van der Waals surface area contributed by atoms with Crippen LogP contribution in [0, 0.1) is 10.1 Å². The summed E-state index contributed by atoms with van der Waals surface area (Å²) in [5.74, 6) is -0.470. The molecular formula is C22H18N4O5S. The van der Waals surface area contributed by atoms with Crippen molar-refractivity contribution in [2.24, 2.45) is 5.10 Å². The van der Waals surface area contributed by atoms with Crippen LogP contribution in [0.2, 0.25) is 0 Å². The maximum Gasteiger partial charge on any atom is 0.324 e. The highest BCUT2D eigenvalue weighted by molar-refractivity contribution is 7.16. The molecule has 0 unspecified atom stereocenters. The molecule has 0 saturated heterocycles. The van der Waals surface area contributed by atoms with Gasteiger partial charge in [0, 0.05) is 11.6 Å². The van der Waals surface area contributed by atoms with Crippen LogP contribution in [0.5, 0.6) is 5.75 Å². The molecule has 3 aromatic rings. The van der Waals surface area contributed by atoms with E-state index >= 15 is 0 Å². The summed E-state index contributed by atoms with van der Waals surface area (Å²) >= 11 is 0.919. The van der Waals surface area contributed by atoms with Crippen LogP contribution in [0.4, 0.5) is 5.00 Å². The Balaban J connectivity index is 1.78. The lowest BCUT2D eigenvalue weighted by Gasteiger charge is -2.09. The average Bonchev–Trinajstić information content (AvgIpc) is 3.29.